The van der Waals surface area contributed by atoms with E-state index in [1.807, 2.05) is 0 Å². The highest BCUT2D eigenvalue weighted by Crippen LogP contribution is 2.36. The van der Waals surface area contributed by atoms with Crippen LogP contribution >= 0.6 is 0 Å². The van der Waals surface area contributed by atoms with Gasteiger partial charge in [0.05, 0.1) is 24.9 Å². The van der Waals surface area contributed by atoms with E-state index in [0.29, 0.717) is 0 Å². The number of nitrogens with one attached hydrogen (secondary N) is 1. The van der Waals surface area contributed by atoms with Crippen molar-refractivity contribution in [2.24, 2.45) is 7.05 Å². The summed E-state index contributed by atoms with van der Waals surface area (Å²) in [7, 11) is -1.26. The zero-order valence-corrected chi connectivity index (χ0v) is 18.8. The Kier molecular flexibility index (Phi) is 5.89. The molecule has 0 saturated heterocycles. The lowest BCUT2D eigenvalue weighted by atomic mass is 10.2. The van der Waals surface area contributed by atoms with E-state index < -0.39 is 27.7 Å². The van der Waals surface area contributed by atoms with Crippen molar-refractivity contribution < 1.29 is 35.9 Å². The number of carbonyl (C=O) groups is 1. The van der Waals surface area contributed by atoms with E-state index in [2.05, 4.69) is 10.4 Å². The number of carbonyl (C=O) groups excluding carboxylic acids is 1. The van der Waals surface area contributed by atoms with E-state index >= 15 is 0 Å². The Balaban J connectivity index is 1.65. The Hall–Kier alpha value is -3.74. The number of rotatable bonds is 4. The summed E-state index contributed by atoms with van der Waals surface area (Å²) >= 11 is 0. The number of aromatic nitrogens is 2. The van der Waals surface area contributed by atoms with Gasteiger partial charge in [-0.05, 0) is 42.5 Å². The van der Waals surface area contributed by atoms with E-state index in [9.17, 15) is 26.4 Å². The zero-order valence-electron chi connectivity index (χ0n) is 18.0. The predicted molar refractivity (Wildman–Crippen MR) is 116 cm³/mol. The molecule has 1 aromatic heterocycles. The monoisotopic (exact) mass is 496 g/mol. The maximum absolute atomic E-state index is 13.4. The lowest BCUT2D eigenvalue weighted by molar-refractivity contribution is -0.137. The van der Waals surface area contributed by atoms with Gasteiger partial charge in [0.15, 0.2) is 0 Å². The summed E-state index contributed by atoms with van der Waals surface area (Å²) in [6.45, 7) is -0.132. The molecule has 2 aromatic carbocycles. The maximum Gasteiger partial charge on any atom is 0.416 e. The van der Waals surface area contributed by atoms with Crippen LogP contribution in [0.15, 0.2) is 53.4 Å². The van der Waals surface area contributed by atoms with Crippen LogP contribution in [-0.2, 0) is 23.2 Å². The normalized spacial score (nSPS) is 15.1. The minimum absolute atomic E-state index is 0.0201. The van der Waals surface area contributed by atoms with Gasteiger partial charge in [0.1, 0.15) is 22.9 Å². The number of benzene rings is 2. The summed E-state index contributed by atoms with van der Waals surface area (Å²) < 4.78 is 78.3. The summed E-state index contributed by atoms with van der Waals surface area (Å²) in [6.07, 6.45) is -4.54. The maximum atomic E-state index is 13.4. The third-order valence-electron chi connectivity index (χ3n) is 5.10. The molecule has 0 bridgehead atoms. The van der Waals surface area contributed by atoms with Gasteiger partial charge in [-0.15, -0.1) is 5.10 Å². The molecule has 0 saturated carbocycles. The summed E-state index contributed by atoms with van der Waals surface area (Å²) in [5, 5.41) is 6.61. The quantitative estimate of drug-likeness (QED) is 0.595. The summed E-state index contributed by atoms with van der Waals surface area (Å²) in [5.74, 6) is -0.253. The van der Waals surface area contributed by atoms with Gasteiger partial charge in [0, 0.05) is 18.8 Å². The zero-order chi connectivity index (χ0) is 24.7. The van der Waals surface area contributed by atoms with Crippen molar-refractivity contribution in [3.63, 3.8) is 0 Å². The molecule has 1 aliphatic rings. The molecular weight excluding hydrogens is 477 g/mol. The van der Waals surface area contributed by atoms with Gasteiger partial charge in [0.25, 0.3) is 15.9 Å². The van der Waals surface area contributed by atoms with E-state index in [0.717, 1.165) is 28.6 Å². The van der Waals surface area contributed by atoms with Crippen LogP contribution in [0, 0.1) is 0 Å². The van der Waals surface area contributed by atoms with Gasteiger partial charge in [-0.2, -0.15) is 13.2 Å². The van der Waals surface area contributed by atoms with Crippen LogP contribution in [0.4, 0.5) is 24.5 Å². The average Bonchev–Trinajstić information content (AvgIpc) is 3.11. The fraction of sp³-hybridized carbons (Fsp3) is 0.238. The van der Waals surface area contributed by atoms with Crippen LogP contribution in [0.25, 0.3) is 0 Å². The number of sulfonamides is 1. The Morgan fingerprint density at radius 3 is 2.47 bits per heavy atom. The molecule has 0 spiro atoms. The van der Waals surface area contributed by atoms with Crippen molar-refractivity contribution in [1.29, 1.82) is 0 Å². The van der Waals surface area contributed by atoms with Crippen LogP contribution in [-0.4, -0.2) is 44.4 Å². The largest absolute Gasteiger partial charge is 0.490 e. The van der Waals surface area contributed by atoms with Gasteiger partial charge in [-0.1, -0.05) is 0 Å². The summed E-state index contributed by atoms with van der Waals surface area (Å²) in [5.41, 5.74) is -0.486. The molecule has 0 aliphatic carbocycles. The fourth-order valence-electron chi connectivity index (χ4n) is 3.42. The number of fused-ring (bicyclic) bond motifs is 1. The molecule has 0 radical (unpaired) electrons. The molecule has 3 aromatic rings. The molecule has 2 heterocycles. The molecule has 13 heteroatoms. The second kappa shape index (κ2) is 8.56. The minimum Gasteiger partial charge on any atom is -0.490 e. The summed E-state index contributed by atoms with van der Waals surface area (Å²) in [6, 6.07) is 9.35. The van der Waals surface area contributed by atoms with E-state index in [4.69, 9.17) is 9.47 Å². The first-order valence-electron chi connectivity index (χ1n) is 9.87. The smallest absolute Gasteiger partial charge is 0.416 e. The standard InChI is InChI=1S/C21H19F3N4O5S/c1-27-16(12-19(26-27)32-2)20(29)25-14-5-8-17-18(11-14)34(30,31)28(9-10-33-17)15-6-3-13(4-7-15)21(22,23)24/h3-8,11-12H,9-10H2,1-2H3,(H,25,29). The highest BCUT2D eigenvalue weighted by molar-refractivity contribution is 7.93. The van der Waals surface area contributed by atoms with Crippen molar-refractivity contribution in [2.75, 3.05) is 29.9 Å². The van der Waals surface area contributed by atoms with Crippen LogP contribution in [0.2, 0.25) is 0 Å². The SMILES string of the molecule is COc1cc(C(=O)Nc2ccc3c(c2)S(=O)(=O)N(c2ccc(C(F)(F)F)cc2)CCO3)n(C)n1. The number of halogens is 3. The summed E-state index contributed by atoms with van der Waals surface area (Å²) in [4.78, 5) is 12.4. The average molecular weight is 496 g/mol. The number of amides is 1. The molecule has 0 atom stereocenters. The first-order chi connectivity index (χ1) is 16.0. The first-order valence-corrected chi connectivity index (χ1v) is 11.3. The Morgan fingerprint density at radius 1 is 1.15 bits per heavy atom. The number of hydrogen-bond acceptors (Lipinski definition) is 6. The van der Waals surface area contributed by atoms with Crippen LogP contribution in [0.1, 0.15) is 16.1 Å². The van der Waals surface area contributed by atoms with Crippen LogP contribution in [0.3, 0.4) is 0 Å². The molecule has 1 amide bonds. The van der Waals surface area contributed by atoms with Gasteiger partial charge >= 0.3 is 6.18 Å². The minimum atomic E-state index is -4.54. The Bertz CT molecular complexity index is 1340. The third-order valence-corrected chi connectivity index (χ3v) is 6.95. The number of hydrogen-bond donors (Lipinski definition) is 1. The van der Waals surface area contributed by atoms with Crippen molar-refractivity contribution in [2.45, 2.75) is 11.1 Å². The molecule has 4 rings (SSSR count). The molecule has 9 nitrogen and oxygen atoms in total. The topological polar surface area (TPSA) is 103 Å². The number of aryl methyl sites for hydroxylation is 1. The second-order valence-electron chi connectivity index (χ2n) is 7.28. The fourth-order valence-corrected chi connectivity index (χ4v) is 5.03. The highest BCUT2D eigenvalue weighted by atomic mass is 32.2. The predicted octanol–water partition coefficient (Wildman–Crippen LogP) is 3.29. The van der Waals surface area contributed by atoms with Gasteiger partial charge in [-0.25, -0.2) is 8.42 Å². The Morgan fingerprint density at radius 2 is 1.85 bits per heavy atom. The third kappa shape index (κ3) is 4.38. The molecular formula is C21H19F3N4O5S. The number of ether oxygens (including phenoxy) is 2. The molecule has 34 heavy (non-hydrogen) atoms. The molecule has 180 valence electrons. The molecule has 1 N–H and O–H groups in total. The molecule has 0 fully saturated rings. The molecule has 1 aliphatic heterocycles. The lowest BCUT2D eigenvalue weighted by Crippen LogP contribution is -2.32. The molecule has 0 unspecified atom stereocenters. The van der Waals surface area contributed by atoms with Gasteiger partial charge in [-0.3, -0.25) is 13.8 Å². The number of anilines is 2. The van der Waals surface area contributed by atoms with Gasteiger partial charge < -0.3 is 14.8 Å². The van der Waals surface area contributed by atoms with Crippen molar-refractivity contribution >= 4 is 27.3 Å². The Labute approximate surface area is 192 Å². The number of alkyl halides is 3. The van der Waals surface area contributed by atoms with Crippen molar-refractivity contribution in [3.05, 3.63) is 59.8 Å². The first kappa shape index (κ1) is 23.4. The number of nitrogens with zero attached hydrogens (tertiary/aromatic N) is 3. The second-order valence-corrected chi connectivity index (χ2v) is 9.11. The van der Waals surface area contributed by atoms with Crippen molar-refractivity contribution in [3.8, 4) is 11.6 Å². The van der Waals surface area contributed by atoms with Crippen LogP contribution in [0.5, 0.6) is 11.6 Å². The van der Waals surface area contributed by atoms with Gasteiger partial charge in [0.2, 0.25) is 5.88 Å². The highest BCUT2D eigenvalue weighted by Gasteiger charge is 2.34. The van der Waals surface area contributed by atoms with Crippen molar-refractivity contribution in [1.82, 2.24) is 9.78 Å². The van der Waals surface area contributed by atoms with E-state index in [1.54, 1.807) is 7.05 Å². The number of methoxy groups -OCH3 is 1. The van der Waals surface area contributed by atoms with E-state index in [1.165, 1.54) is 36.1 Å². The lowest BCUT2D eigenvalue weighted by Gasteiger charge is -2.22. The van der Waals surface area contributed by atoms with Crippen LogP contribution < -0.4 is 19.1 Å². The van der Waals surface area contributed by atoms with E-state index in [-0.39, 0.29) is 46.7 Å².